The van der Waals surface area contributed by atoms with Crippen LogP contribution in [-0.2, 0) is 13.1 Å². The normalized spacial score (nSPS) is 10.4. The molecule has 0 unspecified atom stereocenters. The van der Waals surface area contributed by atoms with Gasteiger partial charge in [-0.25, -0.2) is 13.9 Å². The van der Waals surface area contributed by atoms with Gasteiger partial charge in [0.15, 0.2) is 0 Å². The van der Waals surface area contributed by atoms with Crippen molar-refractivity contribution in [3.8, 4) is 0 Å². The fraction of sp³-hybridized carbons (Fsp3) is 0.556. The molecule has 0 amide bonds. The summed E-state index contributed by atoms with van der Waals surface area (Å²) in [5.74, 6) is 0.125. The molecule has 1 N–H and O–H groups in total. The number of imidazole rings is 1. The lowest BCUT2D eigenvalue weighted by molar-refractivity contribution is -0.701. The van der Waals surface area contributed by atoms with Gasteiger partial charge in [0.1, 0.15) is 6.20 Å². The number of carboxylic acid groups (broad SMARTS) is 1. The Morgan fingerprint density at radius 2 is 2.23 bits per heavy atom. The fourth-order valence-electron chi connectivity index (χ4n) is 1.53. The Hall–Kier alpha value is -1.32. The second-order valence-electron chi connectivity index (χ2n) is 2.90. The molecule has 72 valence electrons. The molecule has 0 saturated heterocycles. The van der Waals surface area contributed by atoms with Crippen molar-refractivity contribution in [2.75, 3.05) is 0 Å². The monoisotopic (exact) mass is 183 g/mol. The van der Waals surface area contributed by atoms with Crippen LogP contribution in [0.25, 0.3) is 0 Å². The smallest absolute Gasteiger partial charge is 0.379 e. The molecule has 0 bridgehead atoms. The number of aryl methyl sites for hydroxylation is 1. The first-order valence-corrected chi connectivity index (χ1v) is 4.44. The zero-order chi connectivity index (χ0) is 10.0. The second kappa shape index (κ2) is 3.60. The van der Waals surface area contributed by atoms with Crippen molar-refractivity contribution in [1.82, 2.24) is 4.57 Å². The van der Waals surface area contributed by atoms with Crippen molar-refractivity contribution in [2.24, 2.45) is 0 Å². The van der Waals surface area contributed by atoms with Crippen LogP contribution in [0.15, 0.2) is 6.20 Å². The van der Waals surface area contributed by atoms with Crippen LogP contribution in [0.3, 0.4) is 0 Å². The molecule has 0 atom stereocenters. The van der Waals surface area contributed by atoms with Gasteiger partial charge in [-0.15, -0.1) is 0 Å². The molecule has 0 spiro atoms. The van der Waals surface area contributed by atoms with Crippen LogP contribution < -0.4 is 4.57 Å². The lowest BCUT2D eigenvalue weighted by atomic mass is 10.4. The number of hydrogen-bond donors (Lipinski definition) is 1. The lowest BCUT2D eigenvalue weighted by Gasteiger charge is -1.95. The van der Waals surface area contributed by atoms with Crippen molar-refractivity contribution in [2.45, 2.75) is 33.9 Å². The van der Waals surface area contributed by atoms with Crippen LogP contribution in [0.4, 0.5) is 0 Å². The third kappa shape index (κ3) is 1.56. The van der Waals surface area contributed by atoms with Gasteiger partial charge in [-0.3, -0.25) is 0 Å². The number of aromatic carboxylic acids is 1. The van der Waals surface area contributed by atoms with Gasteiger partial charge in [-0.2, -0.15) is 0 Å². The van der Waals surface area contributed by atoms with Gasteiger partial charge in [0.2, 0.25) is 0 Å². The summed E-state index contributed by atoms with van der Waals surface area (Å²) in [5, 5.41) is 8.90. The number of nitrogens with zero attached hydrogens (tertiary/aromatic N) is 2. The van der Waals surface area contributed by atoms with Crippen molar-refractivity contribution in [1.29, 1.82) is 0 Å². The summed E-state index contributed by atoms with van der Waals surface area (Å²) in [6, 6.07) is 0. The standard InChI is InChI=1S/C9H14N2O2/c1-4-10-6-8(9(12)13)11(5-2)7(10)3/h6H,4-5H2,1-3H3/p+1. The molecule has 0 aliphatic heterocycles. The summed E-state index contributed by atoms with van der Waals surface area (Å²) in [4.78, 5) is 10.8. The van der Waals surface area contributed by atoms with Crippen LogP contribution in [0.2, 0.25) is 0 Å². The summed E-state index contributed by atoms with van der Waals surface area (Å²) in [5.41, 5.74) is 0.363. The highest BCUT2D eigenvalue weighted by molar-refractivity contribution is 5.83. The first-order chi connectivity index (χ1) is 6.11. The van der Waals surface area contributed by atoms with Crippen LogP contribution in [-0.4, -0.2) is 15.6 Å². The number of aromatic nitrogens is 2. The molecule has 0 aromatic carbocycles. The molecule has 0 saturated carbocycles. The maximum Gasteiger partial charge on any atom is 0.379 e. The van der Waals surface area contributed by atoms with Gasteiger partial charge < -0.3 is 5.11 Å². The van der Waals surface area contributed by atoms with Crippen LogP contribution in [0.5, 0.6) is 0 Å². The molecular formula is C9H15N2O2+. The quantitative estimate of drug-likeness (QED) is 0.705. The number of carboxylic acids is 1. The van der Waals surface area contributed by atoms with Gasteiger partial charge >= 0.3 is 5.97 Å². The van der Waals surface area contributed by atoms with E-state index in [9.17, 15) is 4.79 Å². The maximum atomic E-state index is 10.8. The number of carbonyl (C=O) groups is 1. The first-order valence-electron chi connectivity index (χ1n) is 4.44. The summed E-state index contributed by atoms with van der Waals surface area (Å²) < 4.78 is 3.73. The second-order valence-corrected chi connectivity index (χ2v) is 2.90. The van der Waals surface area contributed by atoms with E-state index in [0.717, 1.165) is 12.4 Å². The fourth-order valence-corrected chi connectivity index (χ4v) is 1.53. The summed E-state index contributed by atoms with van der Waals surface area (Å²) >= 11 is 0. The Balaban J connectivity index is 3.27. The molecule has 0 aliphatic rings. The Kier molecular flexibility index (Phi) is 2.70. The van der Waals surface area contributed by atoms with Crippen molar-refractivity contribution < 1.29 is 14.5 Å². The highest BCUT2D eigenvalue weighted by atomic mass is 16.4. The van der Waals surface area contributed by atoms with Gasteiger partial charge in [0, 0.05) is 6.92 Å². The Morgan fingerprint density at radius 1 is 1.62 bits per heavy atom. The molecule has 1 heterocycles. The third-order valence-corrected chi connectivity index (χ3v) is 2.25. The molecule has 0 fully saturated rings. The molecular weight excluding hydrogens is 168 g/mol. The highest BCUT2D eigenvalue weighted by Gasteiger charge is 2.22. The van der Waals surface area contributed by atoms with E-state index >= 15 is 0 Å². The van der Waals surface area contributed by atoms with Crippen molar-refractivity contribution in [3.63, 3.8) is 0 Å². The number of hydrogen-bond acceptors (Lipinski definition) is 1. The van der Waals surface area contributed by atoms with Crippen molar-refractivity contribution in [3.05, 3.63) is 17.7 Å². The Bertz CT molecular complexity index is 329. The zero-order valence-electron chi connectivity index (χ0n) is 8.24. The van der Waals surface area contributed by atoms with E-state index in [0.29, 0.717) is 12.2 Å². The highest BCUT2D eigenvalue weighted by Crippen LogP contribution is 2.00. The lowest BCUT2D eigenvalue weighted by Crippen LogP contribution is -2.40. The topological polar surface area (TPSA) is 46.1 Å². The summed E-state index contributed by atoms with van der Waals surface area (Å²) in [6.45, 7) is 7.37. The Labute approximate surface area is 77.4 Å². The first kappa shape index (κ1) is 9.77. The summed E-state index contributed by atoms with van der Waals surface area (Å²) in [7, 11) is 0. The van der Waals surface area contributed by atoms with Crippen LogP contribution >= 0.6 is 0 Å². The molecule has 1 aromatic heterocycles. The average molecular weight is 183 g/mol. The SMILES string of the molecule is CCn1cc(C(=O)O)[n+](CC)c1C. The van der Waals surface area contributed by atoms with Crippen molar-refractivity contribution >= 4 is 5.97 Å². The minimum absolute atomic E-state index is 0.363. The van der Waals surface area contributed by atoms with Crippen LogP contribution in [0.1, 0.15) is 30.2 Å². The minimum Gasteiger partial charge on any atom is -0.475 e. The maximum absolute atomic E-state index is 10.8. The van der Waals surface area contributed by atoms with E-state index in [1.807, 2.05) is 25.3 Å². The zero-order valence-corrected chi connectivity index (χ0v) is 8.24. The molecule has 0 radical (unpaired) electrons. The van der Waals surface area contributed by atoms with Gasteiger partial charge in [-0.05, 0) is 13.8 Å². The molecule has 4 heteroatoms. The predicted octanol–water partition coefficient (Wildman–Crippen LogP) is 0.822. The number of rotatable bonds is 3. The van der Waals surface area contributed by atoms with Crippen LogP contribution in [0, 0.1) is 6.92 Å². The van der Waals surface area contributed by atoms with E-state index in [2.05, 4.69) is 0 Å². The van der Waals surface area contributed by atoms with Gasteiger partial charge in [0.05, 0.1) is 13.1 Å². The van der Waals surface area contributed by atoms with Gasteiger partial charge in [-0.1, -0.05) is 0 Å². The molecule has 1 rings (SSSR count). The van der Waals surface area contributed by atoms with E-state index in [1.165, 1.54) is 0 Å². The van der Waals surface area contributed by atoms with E-state index in [4.69, 9.17) is 5.11 Å². The summed E-state index contributed by atoms with van der Waals surface area (Å²) in [6.07, 6.45) is 1.68. The van der Waals surface area contributed by atoms with Gasteiger partial charge in [0.25, 0.3) is 11.5 Å². The molecule has 13 heavy (non-hydrogen) atoms. The largest absolute Gasteiger partial charge is 0.475 e. The minimum atomic E-state index is -0.864. The van der Waals surface area contributed by atoms with E-state index in [-0.39, 0.29) is 0 Å². The third-order valence-electron chi connectivity index (χ3n) is 2.25. The predicted molar refractivity (Wildman–Crippen MR) is 47.7 cm³/mol. The van der Waals surface area contributed by atoms with E-state index in [1.54, 1.807) is 10.8 Å². The molecule has 0 aliphatic carbocycles. The average Bonchev–Trinajstić information content (AvgIpc) is 2.42. The molecule has 1 aromatic rings. The Morgan fingerprint density at radius 3 is 2.54 bits per heavy atom. The molecule has 4 nitrogen and oxygen atoms in total. The van der Waals surface area contributed by atoms with E-state index < -0.39 is 5.97 Å².